The summed E-state index contributed by atoms with van der Waals surface area (Å²) in [5.41, 5.74) is 4.11. The Balaban J connectivity index is 1.27. The lowest BCUT2D eigenvalue weighted by Crippen LogP contribution is -2.31. The Morgan fingerprint density at radius 2 is 1.71 bits per heavy atom. The fraction of sp³-hybridized carbons (Fsp3) is 0.357. The summed E-state index contributed by atoms with van der Waals surface area (Å²) in [6, 6.07) is 16.4. The average Bonchev–Trinajstić information content (AvgIpc) is 3.28. The lowest BCUT2D eigenvalue weighted by Gasteiger charge is -2.29. The summed E-state index contributed by atoms with van der Waals surface area (Å²) in [7, 11) is -3.67. The molecule has 1 aliphatic heterocycles. The van der Waals surface area contributed by atoms with Crippen LogP contribution in [0.25, 0.3) is 10.9 Å². The van der Waals surface area contributed by atoms with Gasteiger partial charge < -0.3 is 0 Å². The number of hydrogen-bond acceptors (Lipinski definition) is 5. The second kappa shape index (κ2) is 9.21. The molecule has 0 radical (unpaired) electrons. The van der Waals surface area contributed by atoms with Crippen LogP contribution in [0.15, 0.2) is 71.9 Å². The Morgan fingerprint density at radius 1 is 0.943 bits per heavy atom. The molecule has 0 atom stereocenters. The van der Waals surface area contributed by atoms with E-state index in [2.05, 4.69) is 4.90 Å². The van der Waals surface area contributed by atoms with Crippen LogP contribution in [0, 0.1) is 0 Å². The Hall–Kier alpha value is -3.03. The first-order chi connectivity index (χ1) is 17.1. The molecule has 35 heavy (non-hydrogen) atoms. The van der Waals surface area contributed by atoms with E-state index in [9.17, 15) is 8.42 Å². The largest absolute Gasteiger partial charge is 0.294 e. The van der Waals surface area contributed by atoms with E-state index >= 15 is 0 Å². The zero-order chi connectivity index (χ0) is 23.8. The van der Waals surface area contributed by atoms with E-state index in [4.69, 9.17) is 9.97 Å². The van der Waals surface area contributed by atoms with Gasteiger partial charge in [-0.25, -0.2) is 22.4 Å². The number of rotatable bonds is 5. The molecule has 180 valence electrons. The fourth-order valence-electron chi connectivity index (χ4n) is 5.57. The third kappa shape index (κ3) is 4.28. The number of fused-ring (bicyclic) bond motifs is 2. The molecule has 6 rings (SSSR count). The number of hydrogen-bond donors (Lipinski definition) is 0. The van der Waals surface area contributed by atoms with Crippen molar-refractivity contribution in [2.45, 2.75) is 62.4 Å². The van der Waals surface area contributed by atoms with Crippen molar-refractivity contribution in [3.63, 3.8) is 0 Å². The van der Waals surface area contributed by atoms with Gasteiger partial charge in [0.1, 0.15) is 5.82 Å². The van der Waals surface area contributed by atoms with Crippen LogP contribution in [0.4, 0.5) is 0 Å². The average molecular weight is 487 g/mol. The van der Waals surface area contributed by atoms with Crippen molar-refractivity contribution in [2.75, 3.05) is 6.54 Å². The van der Waals surface area contributed by atoms with Crippen molar-refractivity contribution in [1.29, 1.82) is 0 Å². The monoisotopic (exact) mass is 486 g/mol. The first-order valence-corrected chi connectivity index (χ1v) is 14.0. The molecule has 2 aromatic heterocycles. The summed E-state index contributed by atoms with van der Waals surface area (Å²) in [4.78, 5) is 12.4. The summed E-state index contributed by atoms with van der Waals surface area (Å²) in [5, 5.41) is 0.974. The predicted octanol–water partition coefficient (Wildman–Crippen LogP) is 5.27. The molecule has 2 aliphatic rings. The van der Waals surface area contributed by atoms with Crippen LogP contribution < -0.4 is 0 Å². The minimum atomic E-state index is -3.67. The van der Waals surface area contributed by atoms with Crippen LogP contribution >= 0.6 is 0 Å². The highest BCUT2D eigenvalue weighted by Crippen LogP contribution is 2.32. The molecule has 0 unspecified atom stereocenters. The van der Waals surface area contributed by atoms with Gasteiger partial charge in [0, 0.05) is 61.0 Å². The molecule has 1 aliphatic carbocycles. The smallest absolute Gasteiger partial charge is 0.268 e. The van der Waals surface area contributed by atoms with Crippen LogP contribution in [0.2, 0.25) is 0 Å². The lowest BCUT2D eigenvalue weighted by molar-refractivity contribution is 0.243. The highest BCUT2D eigenvalue weighted by Gasteiger charge is 2.25. The van der Waals surface area contributed by atoms with Crippen molar-refractivity contribution >= 4 is 20.9 Å². The van der Waals surface area contributed by atoms with Crippen molar-refractivity contribution < 1.29 is 8.42 Å². The van der Waals surface area contributed by atoms with Crippen LogP contribution in [0.5, 0.6) is 0 Å². The number of para-hydroxylation sites is 1. The molecule has 0 spiro atoms. The Morgan fingerprint density at radius 3 is 2.54 bits per heavy atom. The SMILES string of the molecule is O=S(=O)(c1ccccc1)n1cc(CN2CCc3nc(C4CCCCC4)ncc3C2)c2ccccc21. The highest BCUT2D eigenvalue weighted by atomic mass is 32.2. The third-order valence-corrected chi connectivity index (χ3v) is 9.14. The molecule has 0 N–H and O–H groups in total. The molecular formula is C28H30N4O2S. The van der Waals surface area contributed by atoms with Crippen molar-refractivity contribution in [3.8, 4) is 0 Å². The second-order valence-corrected chi connectivity index (χ2v) is 11.6. The van der Waals surface area contributed by atoms with Gasteiger partial charge >= 0.3 is 0 Å². The third-order valence-electron chi connectivity index (χ3n) is 7.46. The van der Waals surface area contributed by atoms with Crippen molar-refractivity contribution in [1.82, 2.24) is 18.8 Å². The topological polar surface area (TPSA) is 68.1 Å². The van der Waals surface area contributed by atoms with Crippen molar-refractivity contribution in [3.05, 3.63) is 89.6 Å². The minimum Gasteiger partial charge on any atom is -0.294 e. The zero-order valence-corrected chi connectivity index (χ0v) is 20.6. The van der Waals surface area contributed by atoms with E-state index < -0.39 is 10.0 Å². The maximum atomic E-state index is 13.4. The summed E-state index contributed by atoms with van der Waals surface area (Å²) in [6.07, 6.45) is 11.0. The molecule has 1 fully saturated rings. The van der Waals surface area contributed by atoms with Gasteiger partial charge in [0.05, 0.1) is 10.4 Å². The summed E-state index contributed by atoms with van der Waals surface area (Å²) < 4.78 is 28.3. The molecule has 4 aromatic rings. The summed E-state index contributed by atoms with van der Waals surface area (Å²) in [5.74, 6) is 1.55. The molecule has 0 saturated heterocycles. The molecule has 0 bridgehead atoms. The van der Waals surface area contributed by atoms with Gasteiger partial charge in [0.25, 0.3) is 10.0 Å². The highest BCUT2D eigenvalue weighted by molar-refractivity contribution is 7.90. The van der Waals surface area contributed by atoms with Gasteiger partial charge in [-0.05, 0) is 36.6 Å². The quantitative estimate of drug-likeness (QED) is 0.384. The first kappa shape index (κ1) is 22.4. The van der Waals surface area contributed by atoms with E-state index in [1.165, 1.54) is 47.3 Å². The lowest BCUT2D eigenvalue weighted by atomic mass is 9.88. The first-order valence-electron chi connectivity index (χ1n) is 12.6. The van der Waals surface area contributed by atoms with Gasteiger partial charge in [0.2, 0.25) is 0 Å². The maximum Gasteiger partial charge on any atom is 0.268 e. The second-order valence-electron chi connectivity index (χ2n) is 9.78. The maximum absolute atomic E-state index is 13.4. The molecular weight excluding hydrogens is 456 g/mol. The zero-order valence-electron chi connectivity index (χ0n) is 19.8. The molecule has 7 heteroatoms. The van der Waals surface area contributed by atoms with Crippen LogP contribution in [-0.2, 0) is 29.5 Å². The molecule has 2 aromatic carbocycles. The Labute approximate surface area is 206 Å². The Bertz CT molecular complexity index is 1460. The molecule has 3 heterocycles. The number of aromatic nitrogens is 3. The van der Waals surface area contributed by atoms with Crippen LogP contribution in [0.3, 0.4) is 0 Å². The van der Waals surface area contributed by atoms with E-state index in [0.717, 1.165) is 36.3 Å². The van der Waals surface area contributed by atoms with Gasteiger partial charge in [-0.2, -0.15) is 0 Å². The number of nitrogens with zero attached hydrogens (tertiary/aromatic N) is 4. The summed E-state index contributed by atoms with van der Waals surface area (Å²) >= 11 is 0. The van der Waals surface area contributed by atoms with E-state index in [0.29, 0.717) is 22.9 Å². The molecule has 1 saturated carbocycles. The van der Waals surface area contributed by atoms with E-state index in [1.807, 2.05) is 36.5 Å². The van der Waals surface area contributed by atoms with Crippen LogP contribution in [-0.4, -0.2) is 33.8 Å². The van der Waals surface area contributed by atoms with Gasteiger partial charge in [-0.3, -0.25) is 4.90 Å². The molecule has 0 amide bonds. The summed E-state index contributed by atoms with van der Waals surface area (Å²) in [6.45, 7) is 2.37. The minimum absolute atomic E-state index is 0.296. The predicted molar refractivity (Wildman–Crippen MR) is 137 cm³/mol. The van der Waals surface area contributed by atoms with Gasteiger partial charge in [-0.1, -0.05) is 55.7 Å². The molecule has 6 nitrogen and oxygen atoms in total. The van der Waals surface area contributed by atoms with Gasteiger partial charge in [-0.15, -0.1) is 0 Å². The van der Waals surface area contributed by atoms with E-state index in [-0.39, 0.29) is 0 Å². The van der Waals surface area contributed by atoms with Crippen LogP contribution in [0.1, 0.15) is 60.7 Å². The Kier molecular flexibility index (Phi) is 5.90. The van der Waals surface area contributed by atoms with Crippen molar-refractivity contribution in [2.24, 2.45) is 0 Å². The van der Waals surface area contributed by atoms with E-state index in [1.54, 1.807) is 30.5 Å². The number of benzene rings is 2. The van der Waals surface area contributed by atoms with Gasteiger partial charge in [0.15, 0.2) is 0 Å². The standard InChI is InChI=1S/C28H30N4O2S/c33-35(34,24-11-5-2-6-12-24)32-20-23(25-13-7-8-14-27(25)32)19-31-16-15-26-22(18-31)17-29-28(30-26)21-9-3-1-4-10-21/h2,5-8,11-14,17,20-21H,1,3-4,9-10,15-16,18-19H2. The normalized spacial score (nSPS) is 17.5. The fourth-order valence-corrected chi connectivity index (χ4v) is 6.98.